The Hall–Kier alpha value is -3.18. The summed E-state index contributed by atoms with van der Waals surface area (Å²) in [4.78, 5) is 29.0. The van der Waals surface area contributed by atoms with Gasteiger partial charge in [-0.1, -0.05) is 36.9 Å². The van der Waals surface area contributed by atoms with Gasteiger partial charge in [-0.15, -0.1) is 0 Å². The van der Waals surface area contributed by atoms with E-state index in [-0.39, 0.29) is 11.1 Å². The Labute approximate surface area is 218 Å². The number of anilines is 1. The minimum Gasteiger partial charge on any atom is -0.354 e. The van der Waals surface area contributed by atoms with E-state index in [0.29, 0.717) is 43.2 Å². The molecule has 196 valence electrons. The summed E-state index contributed by atoms with van der Waals surface area (Å²) in [6.07, 6.45) is -2.20. The lowest BCUT2D eigenvalue weighted by Gasteiger charge is -2.35. The molecule has 4 rings (SSSR count). The van der Waals surface area contributed by atoms with E-state index in [1.807, 2.05) is 23.1 Å². The number of piperazine rings is 1. The minimum atomic E-state index is -4.55. The summed E-state index contributed by atoms with van der Waals surface area (Å²) in [5, 5.41) is 2.95. The summed E-state index contributed by atoms with van der Waals surface area (Å²) in [6, 6.07) is 13.7. The van der Waals surface area contributed by atoms with Crippen LogP contribution in [0.15, 0.2) is 59.9 Å². The summed E-state index contributed by atoms with van der Waals surface area (Å²) in [7, 11) is 0. The molecule has 1 fully saturated rings. The number of likely N-dealkylation sites (N-methyl/N-ethyl adjacent to an activating group) is 1. The fraction of sp³-hybridized carbons (Fsp3) is 0.385. The van der Waals surface area contributed by atoms with Crippen LogP contribution in [0.3, 0.4) is 0 Å². The molecule has 1 amide bonds. The van der Waals surface area contributed by atoms with Crippen LogP contribution in [0.5, 0.6) is 0 Å². The van der Waals surface area contributed by atoms with Crippen LogP contribution in [0.25, 0.3) is 0 Å². The number of thioether (sulfide) groups is 1. The second kappa shape index (κ2) is 12.4. The van der Waals surface area contributed by atoms with Crippen molar-refractivity contribution in [3.63, 3.8) is 0 Å². The van der Waals surface area contributed by atoms with E-state index < -0.39 is 11.9 Å². The van der Waals surface area contributed by atoms with Gasteiger partial charge in [0, 0.05) is 68.4 Å². The average Bonchev–Trinajstić information content (AvgIpc) is 2.92. The van der Waals surface area contributed by atoms with E-state index in [1.54, 1.807) is 30.5 Å². The first-order valence-corrected chi connectivity index (χ1v) is 13.1. The molecule has 2 aromatic heterocycles. The molecular formula is C26H29F3N6OS. The van der Waals surface area contributed by atoms with Gasteiger partial charge in [-0.2, -0.15) is 13.2 Å². The Kier molecular flexibility index (Phi) is 8.99. The van der Waals surface area contributed by atoms with Crippen LogP contribution < -0.4 is 10.2 Å². The molecule has 0 unspecified atom stereocenters. The van der Waals surface area contributed by atoms with Gasteiger partial charge in [0.15, 0.2) is 10.9 Å². The first kappa shape index (κ1) is 26.9. The lowest BCUT2D eigenvalue weighted by Crippen LogP contribution is -2.46. The van der Waals surface area contributed by atoms with Gasteiger partial charge in [-0.3, -0.25) is 9.78 Å². The van der Waals surface area contributed by atoms with Crippen molar-refractivity contribution in [3.8, 4) is 0 Å². The van der Waals surface area contributed by atoms with Crippen LogP contribution in [0.4, 0.5) is 19.0 Å². The van der Waals surface area contributed by atoms with Crippen molar-refractivity contribution in [1.82, 2.24) is 25.2 Å². The number of nitrogens with zero attached hydrogens (tertiary/aromatic N) is 5. The second-order valence-corrected chi connectivity index (χ2v) is 9.57. The van der Waals surface area contributed by atoms with Gasteiger partial charge < -0.3 is 15.1 Å². The van der Waals surface area contributed by atoms with Crippen LogP contribution >= 0.6 is 11.8 Å². The zero-order chi connectivity index (χ0) is 26.3. The van der Waals surface area contributed by atoms with Crippen molar-refractivity contribution < 1.29 is 18.0 Å². The number of alkyl halides is 3. The summed E-state index contributed by atoms with van der Waals surface area (Å²) in [6.45, 7) is 6.27. The highest BCUT2D eigenvalue weighted by Gasteiger charge is 2.34. The number of aromatic nitrogens is 3. The highest BCUT2D eigenvalue weighted by Crippen LogP contribution is 2.32. The van der Waals surface area contributed by atoms with Crippen LogP contribution in [0.2, 0.25) is 0 Å². The monoisotopic (exact) mass is 530 g/mol. The molecule has 0 bridgehead atoms. The zero-order valence-corrected chi connectivity index (χ0v) is 21.4. The lowest BCUT2D eigenvalue weighted by molar-refractivity contribution is -0.141. The molecule has 37 heavy (non-hydrogen) atoms. The third-order valence-corrected chi connectivity index (χ3v) is 7.02. The number of hydrogen-bond acceptors (Lipinski definition) is 7. The number of pyridine rings is 1. The zero-order valence-electron chi connectivity index (χ0n) is 20.5. The number of carbonyl (C=O) groups is 1. The van der Waals surface area contributed by atoms with Crippen molar-refractivity contribution in [3.05, 3.63) is 77.2 Å². The quantitative estimate of drug-likeness (QED) is 0.327. The highest BCUT2D eigenvalue weighted by atomic mass is 32.2. The minimum absolute atomic E-state index is 0.0825. The molecule has 1 aromatic carbocycles. The van der Waals surface area contributed by atoms with Gasteiger partial charge in [0.25, 0.3) is 5.91 Å². The predicted octanol–water partition coefficient (Wildman–Crippen LogP) is 4.30. The summed E-state index contributed by atoms with van der Waals surface area (Å²) >= 11 is 1.15. The number of nitrogens with one attached hydrogen (secondary N) is 1. The Morgan fingerprint density at radius 2 is 1.81 bits per heavy atom. The topological polar surface area (TPSA) is 74.2 Å². The molecule has 11 heteroatoms. The molecule has 1 saturated heterocycles. The van der Waals surface area contributed by atoms with Crippen LogP contribution in [0, 0.1) is 0 Å². The number of hydrogen-bond donors (Lipinski definition) is 1. The van der Waals surface area contributed by atoms with Gasteiger partial charge in [-0.25, -0.2) is 9.97 Å². The number of halogens is 3. The van der Waals surface area contributed by atoms with E-state index in [0.717, 1.165) is 48.7 Å². The normalized spacial score (nSPS) is 14.5. The third kappa shape index (κ3) is 7.65. The van der Waals surface area contributed by atoms with Crippen molar-refractivity contribution >= 4 is 23.5 Å². The van der Waals surface area contributed by atoms with Gasteiger partial charge >= 0.3 is 6.18 Å². The second-order valence-electron chi connectivity index (χ2n) is 8.63. The Balaban J connectivity index is 1.36. The Bertz CT molecular complexity index is 1170. The Morgan fingerprint density at radius 3 is 2.46 bits per heavy atom. The molecule has 1 aliphatic heterocycles. The first-order valence-electron chi connectivity index (χ1n) is 12.2. The summed E-state index contributed by atoms with van der Waals surface area (Å²) < 4.78 is 40.6. The van der Waals surface area contributed by atoms with Crippen molar-refractivity contribution in [2.45, 2.75) is 30.4 Å². The van der Waals surface area contributed by atoms with Crippen LogP contribution in [0.1, 0.15) is 34.2 Å². The molecular weight excluding hydrogens is 501 g/mol. The maximum absolute atomic E-state index is 13.5. The molecule has 7 nitrogen and oxygen atoms in total. The molecule has 0 atom stereocenters. The molecule has 1 N–H and O–H groups in total. The lowest BCUT2D eigenvalue weighted by atomic mass is 10.1. The van der Waals surface area contributed by atoms with E-state index in [9.17, 15) is 18.0 Å². The summed E-state index contributed by atoms with van der Waals surface area (Å²) in [5.74, 6) is 0.494. The molecule has 1 aliphatic rings. The van der Waals surface area contributed by atoms with Crippen molar-refractivity contribution in [2.75, 3.05) is 44.2 Å². The molecule has 0 saturated carbocycles. The first-order chi connectivity index (χ1) is 17.8. The smallest absolute Gasteiger partial charge is 0.354 e. The van der Waals surface area contributed by atoms with E-state index >= 15 is 0 Å². The fourth-order valence-electron chi connectivity index (χ4n) is 3.93. The summed E-state index contributed by atoms with van der Waals surface area (Å²) in [5.41, 5.74) is 1.33. The van der Waals surface area contributed by atoms with E-state index in [4.69, 9.17) is 0 Å². The number of amides is 1. The maximum Gasteiger partial charge on any atom is 0.433 e. The van der Waals surface area contributed by atoms with Crippen molar-refractivity contribution in [2.24, 2.45) is 0 Å². The molecule has 3 aromatic rings. The third-order valence-electron chi connectivity index (χ3n) is 6.10. The molecule has 0 spiro atoms. The van der Waals surface area contributed by atoms with Gasteiger partial charge in [-0.05, 0) is 36.4 Å². The predicted molar refractivity (Wildman–Crippen MR) is 138 cm³/mol. The largest absolute Gasteiger partial charge is 0.433 e. The van der Waals surface area contributed by atoms with Gasteiger partial charge in [0.2, 0.25) is 0 Å². The standard InChI is InChI=1S/C26H29F3N6OS/c1-2-34-13-15-35(16-14-34)23-17-22(26(27,28)29)32-25(33-23)37-18-19-6-8-20(9-7-19)24(36)31-12-10-21-5-3-4-11-30-21/h3-9,11,17H,2,10,12-16,18H2,1H3,(H,31,36). The van der Waals surface area contributed by atoms with Crippen molar-refractivity contribution in [1.29, 1.82) is 0 Å². The van der Waals surface area contributed by atoms with E-state index in [1.165, 1.54) is 0 Å². The molecule has 0 aliphatic carbocycles. The van der Waals surface area contributed by atoms with E-state index in [2.05, 4.69) is 32.1 Å². The number of benzene rings is 1. The SMILES string of the molecule is CCN1CCN(c2cc(C(F)(F)F)nc(SCc3ccc(C(=O)NCCc4ccccn4)cc3)n2)CC1. The highest BCUT2D eigenvalue weighted by molar-refractivity contribution is 7.98. The number of carbonyl (C=O) groups excluding carboxylic acids is 1. The molecule has 3 heterocycles. The van der Waals surface area contributed by atoms with Crippen LogP contribution in [-0.4, -0.2) is 65.0 Å². The van der Waals surface area contributed by atoms with Gasteiger partial charge in [0.1, 0.15) is 5.82 Å². The van der Waals surface area contributed by atoms with Crippen LogP contribution in [-0.2, 0) is 18.3 Å². The Morgan fingerprint density at radius 1 is 1.05 bits per heavy atom. The molecule has 0 radical (unpaired) electrons. The van der Waals surface area contributed by atoms with Gasteiger partial charge in [0.05, 0.1) is 0 Å². The maximum atomic E-state index is 13.5. The number of rotatable bonds is 9. The fourth-order valence-corrected chi connectivity index (χ4v) is 4.74. The average molecular weight is 531 g/mol.